The Morgan fingerprint density at radius 3 is 2.13 bits per heavy atom. The van der Waals surface area contributed by atoms with Gasteiger partial charge in [-0.15, -0.1) is 11.8 Å². The number of hydrogen-bond donors (Lipinski definition) is 7. The summed E-state index contributed by atoms with van der Waals surface area (Å²) in [6.07, 6.45) is 0.613. The third-order valence-corrected chi connectivity index (χ3v) is 6.06. The average molecular weight is 448 g/mol. The normalized spacial score (nSPS) is 22.0. The zero-order valence-electron chi connectivity index (χ0n) is 16.7. The van der Waals surface area contributed by atoms with Gasteiger partial charge in [-0.3, -0.25) is 19.7 Å². The number of carbonyl (C=O) groups is 5. The zero-order valence-corrected chi connectivity index (χ0v) is 17.5. The monoisotopic (exact) mass is 448 g/mol. The molecule has 0 aromatic rings. The van der Waals surface area contributed by atoms with Crippen molar-refractivity contribution in [3.8, 4) is 0 Å². The van der Waals surface area contributed by atoms with Crippen molar-refractivity contribution in [3.05, 3.63) is 0 Å². The van der Waals surface area contributed by atoms with Crippen molar-refractivity contribution in [1.29, 1.82) is 0 Å². The van der Waals surface area contributed by atoms with Gasteiger partial charge in [-0.2, -0.15) is 0 Å². The van der Waals surface area contributed by atoms with Crippen molar-refractivity contribution >= 4 is 41.5 Å². The van der Waals surface area contributed by atoms with Crippen molar-refractivity contribution in [2.24, 2.45) is 5.73 Å². The fraction of sp³-hybridized carbons (Fsp3) is 0.706. The van der Waals surface area contributed by atoms with Crippen LogP contribution in [-0.4, -0.2) is 79.8 Å². The summed E-state index contributed by atoms with van der Waals surface area (Å²) in [5.74, 6) is -4.79. The number of aliphatic carboxylic acids is 3. The minimum absolute atomic E-state index is 0.0515. The van der Waals surface area contributed by atoms with Gasteiger partial charge in [0.15, 0.2) is 6.04 Å². The van der Waals surface area contributed by atoms with Crippen LogP contribution in [0, 0.1) is 0 Å². The molecule has 0 unspecified atom stereocenters. The van der Waals surface area contributed by atoms with E-state index in [0.29, 0.717) is 6.42 Å². The molecule has 0 aromatic heterocycles. The molecular weight excluding hydrogens is 420 g/mol. The first-order chi connectivity index (χ1) is 13.9. The van der Waals surface area contributed by atoms with Crippen LogP contribution in [0.1, 0.15) is 39.5 Å². The smallest absolute Gasteiger partial charge is 0.328 e. The minimum Gasteiger partial charge on any atom is -0.480 e. The highest BCUT2D eigenvalue weighted by Crippen LogP contribution is 2.39. The molecule has 2 amide bonds. The van der Waals surface area contributed by atoms with Crippen molar-refractivity contribution in [3.63, 3.8) is 0 Å². The summed E-state index contributed by atoms with van der Waals surface area (Å²) < 4.78 is -0.769. The Morgan fingerprint density at radius 1 is 1.03 bits per heavy atom. The molecule has 0 bridgehead atoms. The number of carbonyl (C=O) groups excluding carboxylic acids is 2. The minimum atomic E-state index is -1.33. The van der Waals surface area contributed by atoms with E-state index in [1.807, 2.05) is 0 Å². The summed E-state index contributed by atoms with van der Waals surface area (Å²) in [7, 11) is 0. The lowest BCUT2D eigenvalue weighted by molar-refractivity contribution is -0.143. The maximum atomic E-state index is 12.2. The quantitative estimate of drug-likeness (QED) is 0.172. The van der Waals surface area contributed by atoms with E-state index in [4.69, 9.17) is 10.8 Å². The van der Waals surface area contributed by atoms with Crippen LogP contribution in [0.25, 0.3) is 0 Å². The molecule has 1 aliphatic heterocycles. The summed E-state index contributed by atoms with van der Waals surface area (Å²) in [6, 6.07) is -3.42. The lowest BCUT2D eigenvalue weighted by Gasteiger charge is -2.22. The molecule has 1 aliphatic rings. The molecule has 30 heavy (non-hydrogen) atoms. The number of thioether (sulfide) groups is 1. The highest BCUT2D eigenvalue weighted by Gasteiger charge is 2.49. The van der Waals surface area contributed by atoms with Crippen LogP contribution in [-0.2, 0) is 24.0 Å². The third kappa shape index (κ3) is 7.46. The van der Waals surface area contributed by atoms with Crippen molar-refractivity contribution in [2.75, 3.05) is 6.54 Å². The van der Waals surface area contributed by atoms with Crippen LogP contribution in [0.4, 0.5) is 0 Å². The molecule has 1 fully saturated rings. The van der Waals surface area contributed by atoms with E-state index in [9.17, 15) is 34.2 Å². The molecule has 1 rings (SSSR count). The van der Waals surface area contributed by atoms with Gasteiger partial charge in [-0.25, -0.2) is 9.59 Å². The van der Waals surface area contributed by atoms with Crippen LogP contribution < -0.4 is 21.7 Å². The van der Waals surface area contributed by atoms with Gasteiger partial charge in [0, 0.05) is 11.2 Å². The van der Waals surface area contributed by atoms with Gasteiger partial charge < -0.3 is 31.7 Å². The van der Waals surface area contributed by atoms with Crippen LogP contribution >= 0.6 is 11.8 Å². The van der Waals surface area contributed by atoms with E-state index < -0.39 is 58.0 Å². The summed E-state index contributed by atoms with van der Waals surface area (Å²) in [4.78, 5) is 57.5. The molecule has 0 saturated carbocycles. The highest BCUT2D eigenvalue weighted by molar-refractivity contribution is 8.01. The summed E-state index contributed by atoms with van der Waals surface area (Å²) in [5.41, 5.74) is 5.13. The lowest BCUT2D eigenvalue weighted by atomic mass is 10.0. The van der Waals surface area contributed by atoms with Gasteiger partial charge in [0.2, 0.25) is 11.8 Å². The van der Waals surface area contributed by atoms with Gasteiger partial charge in [0.05, 0.1) is 11.9 Å². The van der Waals surface area contributed by atoms with Crippen molar-refractivity contribution in [2.45, 2.75) is 67.8 Å². The lowest BCUT2D eigenvalue weighted by Crippen LogP contribution is -2.53. The average Bonchev–Trinajstić information content (AvgIpc) is 2.96. The van der Waals surface area contributed by atoms with Gasteiger partial charge in [-0.05, 0) is 26.7 Å². The van der Waals surface area contributed by atoms with Crippen LogP contribution in [0.2, 0.25) is 0 Å². The van der Waals surface area contributed by atoms with E-state index in [1.165, 1.54) is 0 Å². The number of hydrogen-bond acceptors (Lipinski definition) is 8. The van der Waals surface area contributed by atoms with Gasteiger partial charge in [0.25, 0.3) is 0 Å². The zero-order chi connectivity index (χ0) is 23.1. The predicted molar refractivity (Wildman–Crippen MR) is 107 cm³/mol. The van der Waals surface area contributed by atoms with Crippen LogP contribution in [0.3, 0.4) is 0 Å². The largest absolute Gasteiger partial charge is 0.480 e. The molecule has 4 atom stereocenters. The second-order valence-electron chi connectivity index (χ2n) is 7.37. The highest BCUT2D eigenvalue weighted by atomic mass is 32.2. The molecule has 0 aliphatic carbocycles. The number of unbranched alkanes of at least 4 members (excludes halogenated alkanes) is 1. The Hall–Kier alpha value is -2.38. The molecule has 8 N–H and O–H groups in total. The fourth-order valence-electron chi connectivity index (χ4n) is 2.98. The number of amides is 2. The Labute approximate surface area is 177 Å². The SMILES string of the molecule is CC1(C)S[C@H]([C@H](NC(=O)CCCC[C@H](NC(=O)CN)C(=O)O)C(=O)O)N[C@H]1C(=O)O. The molecule has 1 saturated heterocycles. The Kier molecular flexibility index (Phi) is 9.52. The van der Waals surface area contributed by atoms with Crippen molar-refractivity contribution in [1.82, 2.24) is 16.0 Å². The number of nitrogens with two attached hydrogens (primary N) is 1. The van der Waals surface area contributed by atoms with Crippen LogP contribution in [0.15, 0.2) is 0 Å². The second kappa shape index (κ2) is 11.1. The molecule has 0 aromatic carbocycles. The summed E-state index contributed by atoms with van der Waals surface area (Å²) in [5, 5.41) is 34.4. The molecule has 1 heterocycles. The molecule has 170 valence electrons. The fourth-order valence-corrected chi connectivity index (χ4v) is 4.47. The molecule has 13 heteroatoms. The Bertz CT molecular complexity index is 687. The number of carboxylic acids is 3. The van der Waals surface area contributed by atoms with Gasteiger partial charge >= 0.3 is 17.9 Å². The first-order valence-electron chi connectivity index (χ1n) is 9.30. The topological polar surface area (TPSA) is 208 Å². The predicted octanol–water partition coefficient (Wildman–Crippen LogP) is -1.46. The van der Waals surface area contributed by atoms with E-state index in [1.54, 1.807) is 13.8 Å². The molecular formula is C17H28N4O8S. The molecule has 0 spiro atoms. The van der Waals surface area contributed by atoms with E-state index in [-0.39, 0.29) is 25.8 Å². The number of rotatable bonds is 12. The number of carboxylic acid groups (broad SMARTS) is 3. The van der Waals surface area contributed by atoms with Crippen LogP contribution in [0.5, 0.6) is 0 Å². The number of nitrogens with one attached hydrogen (secondary N) is 3. The Morgan fingerprint density at radius 2 is 1.67 bits per heavy atom. The second-order valence-corrected chi connectivity index (χ2v) is 9.17. The van der Waals surface area contributed by atoms with Gasteiger partial charge in [-0.1, -0.05) is 6.42 Å². The van der Waals surface area contributed by atoms with Crippen molar-refractivity contribution < 1.29 is 39.3 Å². The van der Waals surface area contributed by atoms with E-state index in [2.05, 4.69) is 16.0 Å². The maximum Gasteiger partial charge on any atom is 0.328 e. The first kappa shape index (κ1) is 25.7. The maximum absolute atomic E-state index is 12.2. The third-order valence-electron chi connectivity index (χ3n) is 4.55. The Balaban J connectivity index is 2.55. The van der Waals surface area contributed by atoms with E-state index >= 15 is 0 Å². The molecule has 12 nitrogen and oxygen atoms in total. The first-order valence-corrected chi connectivity index (χ1v) is 10.2. The summed E-state index contributed by atoms with van der Waals surface area (Å²) >= 11 is 1.12. The summed E-state index contributed by atoms with van der Waals surface area (Å²) in [6.45, 7) is 3.01. The standard InChI is InChI=1S/C17H28N4O8S/c1-17(2)12(16(28)29)21-13(30-17)11(15(26)27)20-9(22)6-4-3-5-8(14(24)25)19-10(23)7-18/h8,11-13,21H,3-7,18H2,1-2H3,(H,19,23)(H,20,22)(H,24,25)(H,26,27)(H,28,29)/t8-,11-,12-,13+/m0/s1. The van der Waals surface area contributed by atoms with Gasteiger partial charge in [0.1, 0.15) is 12.1 Å². The molecule has 0 radical (unpaired) electrons. The van der Waals surface area contributed by atoms with E-state index in [0.717, 1.165) is 11.8 Å².